The second-order valence-electron chi connectivity index (χ2n) is 8.98. The van der Waals surface area contributed by atoms with Crippen molar-refractivity contribution < 1.29 is 14.7 Å². The van der Waals surface area contributed by atoms with Crippen LogP contribution in [-0.2, 0) is 0 Å². The number of aromatic amines is 1. The summed E-state index contributed by atoms with van der Waals surface area (Å²) in [5.74, 6) is -0.801. The van der Waals surface area contributed by atoms with Gasteiger partial charge in [-0.15, -0.1) is 0 Å². The summed E-state index contributed by atoms with van der Waals surface area (Å²) >= 11 is 0. The zero-order valence-corrected chi connectivity index (χ0v) is 19.2. The molecule has 34 heavy (non-hydrogen) atoms. The number of carboxylic acids is 1. The van der Waals surface area contributed by atoms with Crippen LogP contribution in [0.3, 0.4) is 0 Å². The van der Waals surface area contributed by atoms with E-state index < -0.39 is 12.0 Å². The molecule has 0 saturated carbocycles. The largest absolute Gasteiger partial charge is 0.478 e. The van der Waals surface area contributed by atoms with E-state index >= 15 is 0 Å². The van der Waals surface area contributed by atoms with Gasteiger partial charge in [0.2, 0.25) is 0 Å². The van der Waals surface area contributed by atoms with Crippen LogP contribution in [0.25, 0.3) is 11.3 Å². The maximum Gasteiger partial charge on any atom is 0.335 e. The number of nitrogens with zero attached hydrogens (tertiary/aromatic N) is 2. The molecule has 0 fully saturated rings. The molecule has 6 nitrogen and oxygen atoms in total. The predicted octanol–water partition coefficient (Wildman–Crippen LogP) is 5.96. The van der Waals surface area contributed by atoms with Crippen molar-refractivity contribution in [2.24, 2.45) is 0 Å². The average molecular weight is 452 g/mol. The summed E-state index contributed by atoms with van der Waals surface area (Å²) in [6.07, 6.45) is 0. The molecule has 170 valence electrons. The van der Waals surface area contributed by atoms with E-state index in [9.17, 15) is 14.7 Å². The van der Waals surface area contributed by atoms with Gasteiger partial charge in [-0.25, -0.2) is 4.79 Å². The fourth-order valence-corrected chi connectivity index (χ4v) is 4.49. The smallest absolute Gasteiger partial charge is 0.335 e. The number of aromatic nitrogens is 2. The molecule has 0 spiro atoms. The van der Waals surface area contributed by atoms with Crippen molar-refractivity contribution in [1.82, 2.24) is 10.2 Å². The topological polar surface area (TPSA) is 86.3 Å². The molecular weight excluding hydrogens is 426 g/mol. The molecule has 2 N–H and O–H groups in total. The molecule has 6 heteroatoms. The summed E-state index contributed by atoms with van der Waals surface area (Å²) in [5.41, 5.74) is 7.09. The van der Waals surface area contributed by atoms with Crippen molar-refractivity contribution >= 4 is 17.6 Å². The quantitative estimate of drug-likeness (QED) is 0.392. The molecule has 1 aliphatic heterocycles. The third-order valence-electron chi connectivity index (χ3n) is 6.40. The van der Waals surface area contributed by atoms with Gasteiger partial charge in [0, 0.05) is 16.8 Å². The van der Waals surface area contributed by atoms with Crippen molar-refractivity contribution in [3.8, 4) is 11.3 Å². The molecule has 4 aromatic rings. The second kappa shape index (κ2) is 8.30. The number of carbonyl (C=O) groups is 2. The minimum Gasteiger partial charge on any atom is -0.478 e. The number of H-pyrrole nitrogens is 1. The highest BCUT2D eigenvalue weighted by Gasteiger charge is 2.43. The third kappa shape index (κ3) is 3.57. The van der Waals surface area contributed by atoms with Crippen molar-refractivity contribution in [2.75, 3.05) is 4.90 Å². The van der Waals surface area contributed by atoms with E-state index in [2.05, 4.69) is 48.3 Å². The van der Waals surface area contributed by atoms with E-state index in [-0.39, 0.29) is 11.5 Å². The predicted molar refractivity (Wildman–Crippen MR) is 131 cm³/mol. The van der Waals surface area contributed by atoms with E-state index in [1.54, 1.807) is 17.0 Å². The summed E-state index contributed by atoms with van der Waals surface area (Å²) in [4.78, 5) is 26.7. The Kier molecular flexibility index (Phi) is 5.28. The summed E-state index contributed by atoms with van der Waals surface area (Å²) in [7, 11) is 0. The van der Waals surface area contributed by atoms with Crippen LogP contribution in [0.1, 0.15) is 68.9 Å². The first kappa shape index (κ1) is 21.6. The number of carboxylic acid groups (broad SMARTS) is 1. The summed E-state index contributed by atoms with van der Waals surface area (Å²) in [6, 6.07) is 22.4. The molecule has 2 heterocycles. The summed E-state index contributed by atoms with van der Waals surface area (Å²) in [5, 5.41) is 16.8. The van der Waals surface area contributed by atoms with Crippen molar-refractivity contribution in [1.29, 1.82) is 0 Å². The number of fused-ring (bicyclic) bond motifs is 1. The Morgan fingerprint density at radius 1 is 0.971 bits per heavy atom. The van der Waals surface area contributed by atoms with Gasteiger partial charge in [-0.05, 0) is 48.2 Å². The van der Waals surface area contributed by atoms with Crippen LogP contribution in [-0.4, -0.2) is 27.2 Å². The molecule has 0 aliphatic carbocycles. The Morgan fingerprint density at radius 3 is 2.21 bits per heavy atom. The normalized spacial score (nSPS) is 15.1. The number of nitrogens with one attached hydrogen (secondary N) is 1. The number of anilines is 1. The van der Waals surface area contributed by atoms with Crippen molar-refractivity contribution in [3.63, 3.8) is 0 Å². The first-order valence-corrected chi connectivity index (χ1v) is 11.3. The van der Waals surface area contributed by atoms with Gasteiger partial charge < -0.3 is 5.11 Å². The molecular formula is C28H25N3O3. The Hall–Kier alpha value is -4.19. The highest BCUT2D eigenvalue weighted by atomic mass is 16.4. The summed E-state index contributed by atoms with van der Waals surface area (Å²) in [6.45, 7) is 6.33. The monoisotopic (exact) mass is 451 g/mol. The van der Waals surface area contributed by atoms with Crippen LogP contribution in [0.4, 0.5) is 5.69 Å². The van der Waals surface area contributed by atoms with Crippen LogP contribution in [0.2, 0.25) is 0 Å². The van der Waals surface area contributed by atoms with Crippen molar-refractivity contribution in [2.45, 2.75) is 32.7 Å². The van der Waals surface area contributed by atoms with Gasteiger partial charge in [-0.3, -0.25) is 14.8 Å². The van der Waals surface area contributed by atoms with E-state index in [1.807, 2.05) is 31.2 Å². The first-order chi connectivity index (χ1) is 16.3. The second-order valence-corrected chi connectivity index (χ2v) is 8.98. The molecule has 0 unspecified atom stereocenters. The number of aromatic carboxylic acids is 1. The SMILES string of the molecule is Cc1ccc(-c2n[nH]c3c2[C@H](c2ccc(C(C)C)cc2)N(c2ccc(C(=O)O)cc2)C3=O)cc1. The molecule has 1 atom stereocenters. The van der Waals surface area contributed by atoms with E-state index in [1.165, 1.54) is 17.7 Å². The molecule has 5 rings (SSSR count). The van der Waals surface area contributed by atoms with E-state index in [0.29, 0.717) is 17.3 Å². The Bertz CT molecular complexity index is 1370. The lowest BCUT2D eigenvalue weighted by Gasteiger charge is -2.27. The van der Waals surface area contributed by atoms with Gasteiger partial charge in [0.05, 0.1) is 17.3 Å². The molecule has 0 radical (unpaired) electrons. The molecule has 1 amide bonds. The fraction of sp³-hybridized carbons (Fsp3) is 0.179. The zero-order chi connectivity index (χ0) is 24.0. The molecule has 1 aromatic heterocycles. The minimum atomic E-state index is -1.00. The van der Waals surface area contributed by atoms with Crippen LogP contribution < -0.4 is 4.90 Å². The number of rotatable bonds is 5. The fourth-order valence-electron chi connectivity index (χ4n) is 4.49. The lowest BCUT2D eigenvalue weighted by molar-refractivity contribution is 0.0696. The summed E-state index contributed by atoms with van der Waals surface area (Å²) < 4.78 is 0. The van der Waals surface area contributed by atoms with Gasteiger partial charge in [-0.2, -0.15) is 5.10 Å². The van der Waals surface area contributed by atoms with E-state index in [0.717, 1.165) is 27.9 Å². The third-order valence-corrected chi connectivity index (χ3v) is 6.40. The van der Waals surface area contributed by atoms with Crippen LogP contribution in [0.5, 0.6) is 0 Å². The molecule has 0 bridgehead atoms. The lowest BCUT2D eigenvalue weighted by atomic mass is 9.93. The van der Waals surface area contributed by atoms with Gasteiger partial charge in [0.25, 0.3) is 5.91 Å². The highest BCUT2D eigenvalue weighted by molar-refractivity contribution is 6.11. The number of carbonyl (C=O) groups excluding carboxylic acids is 1. The average Bonchev–Trinajstić information content (AvgIpc) is 3.38. The first-order valence-electron chi connectivity index (χ1n) is 11.3. The Morgan fingerprint density at radius 2 is 1.62 bits per heavy atom. The van der Waals surface area contributed by atoms with Crippen LogP contribution >= 0.6 is 0 Å². The number of aryl methyl sites for hydroxylation is 1. The van der Waals surface area contributed by atoms with Gasteiger partial charge in [-0.1, -0.05) is 67.9 Å². The number of benzene rings is 3. The minimum absolute atomic E-state index is 0.175. The van der Waals surface area contributed by atoms with Gasteiger partial charge in [0.1, 0.15) is 5.69 Å². The lowest BCUT2D eigenvalue weighted by Crippen LogP contribution is -2.29. The standard InChI is InChI=1S/C28H25N3O3/c1-16(2)18-8-10-20(11-9-18)26-23-24(19-6-4-17(3)5-7-19)29-30-25(23)27(32)31(26)22-14-12-21(13-15-22)28(33)34/h4-16,26H,1-3H3,(H,29,30)(H,33,34)/t26-/m0/s1. The number of hydrogen-bond donors (Lipinski definition) is 2. The highest BCUT2D eigenvalue weighted by Crippen LogP contribution is 2.45. The molecule has 1 aliphatic rings. The maximum absolute atomic E-state index is 13.6. The number of amides is 1. The van der Waals surface area contributed by atoms with Gasteiger partial charge in [0.15, 0.2) is 0 Å². The van der Waals surface area contributed by atoms with Crippen LogP contribution in [0.15, 0.2) is 72.8 Å². The maximum atomic E-state index is 13.6. The zero-order valence-electron chi connectivity index (χ0n) is 19.2. The number of hydrogen-bond acceptors (Lipinski definition) is 3. The Balaban J connectivity index is 1.67. The molecule has 3 aromatic carbocycles. The Labute approximate surface area is 197 Å². The van der Waals surface area contributed by atoms with Crippen molar-refractivity contribution in [3.05, 3.63) is 106 Å². The van der Waals surface area contributed by atoms with E-state index in [4.69, 9.17) is 0 Å². The van der Waals surface area contributed by atoms with Gasteiger partial charge >= 0.3 is 5.97 Å². The molecule has 0 saturated heterocycles. The van der Waals surface area contributed by atoms with Crippen LogP contribution in [0, 0.1) is 6.92 Å².